The second-order valence-corrected chi connectivity index (χ2v) is 10.3. The molecule has 0 aromatic heterocycles. The van der Waals surface area contributed by atoms with Crippen molar-refractivity contribution in [3.8, 4) is 11.5 Å². The van der Waals surface area contributed by atoms with Gasteiger partial charge in [-0.05, 0) is 83.0 Å². The van der Waals surface area contributed by atoms with Crippen LogP contribution < -0.4 is 9.47 Å². The summed E-state index contributed by atoms with van der Waals surface area (Å²) in [5.41, 5.74) is 6.23. The molecule has 0 radical (unpaired) electrons. The van der Waals surface area contributed by atoms with Crippen LogP contribution in [0.3, 0.4) is 0 Å². The number of fused-ring (bicyclic) bond motifs is 4. The van der Waals surface area contributed by atoms with Gasteiger partial charge in [0.05, 0.1) is 13.2 Å². The smallest absolute Gasteiger partial charge is 0.119 e. The Bertz CT molecular complexity index is 831. The van der Waals surface area contributed by atoms with Gasteiger partial charge in [0.2, 0.25) is 0 Å². The molecule has 156 valence electrons. The number of benzene rings is 2. The van der Waals surface area contributed by atoms with E-state index in [0.717, 1.165) is 50.4 Å². The second-order valence-electron chi connectivity index (χ2n) is 10.3. The molecule has 0 fully saturated rings. The van der Waals surface area contributed by atoms with Crippen molar-refractivity contribution >= 4 is 0 Å². The zero-order chi connectivity index (χ0) is 20.9. The van der Waals surface area contributed by atoms with Gasteiger partial charge < -0.3 is 9.47 Å². The first-order valence-electron chi connectivity index (χ1n) is 11.3. The van der Waals surface area contributed by atoms with Crippen LogP contribution in [-0.4, -0.2) is 13.2 Å². The van der Waals surface area contributed by atoms with Crippen molar-refractivity contribution in [3.63, 3.8) is 0 Å². The molecule has 0 aliphatic heterocycles. The van der Waals surface area contributed by atoms with Crippen LogP contribution in [0.1, 0.15) is 89.5 Å². The number of hydrogen-bond acceptors (Lipinski definition) is 2. The Kier molecular flexibility index (Phi) is 4.96. The predicted molar refractivity (Wildman–Crippen MR) is 121 cm³/mol. The van der Waals surface area contributed by atoms with Crippen LogP contribution in [-0.2, 0) is 16.2 Å². The molecule has 0 saturated carbocycles. The van der Waals surface area contributed by atoms with Crippen molar-refractivity contribution in [2.75, 3.05) is 13.2 Å². The fourth-order valence-corrected chi connectivity index (χ4v) is 5.93. The van der Waals surface area contributed by atoms with E-state index >= 15 is 0 Å². The van der Waals surface area contributed by atoms with Gasteiger partial charge in [0.1, 0.15) is 11.5 Å². The highest BCUT2D eigenvalue weighted by atomic mass is 16.5. The topological polar surface area (TPSA) is 18.5 Å². The maximum atomic E-state index is 6.04. The van der Waals surface area contributed by atoms with Gasteiger partial charge in [0, 0.05) is 5.41 Å². The summed E-state index contributed by atoms with van der Waals surface area (Å²) < 4.78 is 12.1. The average molecular weight is 393 g/mol. The minimum atomic E-state index is 0.0365. The minimum absolute atomic E-state index is 0.0365. The van der Waals surface area contributed by atoms with E-state index in [2.05, 4.69) is 77.9 Å². The van der Waals surface area contributed by atoms with Gasteiger partial charge in [-0.3, -0.25) is 0 Å². The maximum absolute atomic E-state index is 6.04. The Morgan fingerprint density at radius 3 is 1.45 bits per heavy atom. The van der Waals surface area contributed by atoms with Crippen LogP contribution in [0.5, 0.6) is 11.5 Å². The molecule has 0 saturated heterocycles. The van der Waals surface area contributed by atoms with Crippen LogP contribution in [0, 0.1) is 0 Å². The number of hydrogen-bond donors (Lipinski definition) is 0. The second kappa shape index (κ2) is 7.07. The highest BCUT2D eigenvalue weighted by molar-refractivity contribution is 5.61. The van der Waals surface area contributed by atoms with E-state index in [0.29, 0.717) is 0 Å². The lowest BCUT2D eigenvalue weighted by molar-refractivity contribution is 0.314. The van der Waals surface area contributed by atoms with E-state index in [1.165, 1.54) is 22.3 Å². The van der Waals surface area contributed by atoms with Gasteiger partial charge in [-0.25, -0.2) is 0 Å². The highest BCUT2D eigenvalue weighted by Gasteiger charge is 2.56. The quantitative estimate of drug-likeness (QED) is 0.531. The molecule has 0 bridgehead atoms. The van der Waals surface area contributed by atoms with E-state index in [9.17, 15) is 0 Å². The molecule has 2 nitrogen and oxygen atoms in total. The van der Waals surface area contributed by atoms with Crippen molar-refractivity contribution in [1.82, 2.24) is 0 Å². The fraction of sp³-hybridized carbons (Fsp3) is 0.556. The van der Waals surface area contributed by atoms with Gasteiger partial charge in [-0.1, -0.05) is 53.7 Å². The Morgan fingerprint density at radius 1 is 0.655 bits per heavy atom. The molecular weight excluding hydrogens is 356 g/mol. The maximum Gasteiger partial charge on any atom is 0.119 e. The van der Waals surface area contributed by atoms with E-state index in [-0.39, 0.29) is 16.2 Å². The lowest BCUT2D eigenvalue weighted by Crippen LogP contribution is -2.27. The van der Waals surface area contributed by atoms with Crippen molar-refractivity contribution in [2.24, 2.45) is 0 Å². The van der Waals surface area contributed by atoms with Gasteiger partial charge in [-0.15, -0.1) is 0 Å². The van der Waals surface area contributed by atoms with E-state index in [1.807, 2.05) is 0 Å². The highest BCUT2D eigenvalue weighted by Crippen LogP contribution is 2.63. The van der Waals surface area contributed by atoms with Crippen molar-refractivity contribution in [1.29, 1.82) is 0 Å². The summed E-state index contributed by atoms with van der Waals surface area (Å²) in [6, 6.07) is 13.6. The van der Waals surface area contributed by atoms with E-state index in [1.54, 1.807) is 0 Å². The Hall–Kier alpha value is -1.96. The molecule has 29 heavy (non-hydrogen) atoms. The molecule has 0 unspecified atom stereocenters. The summed E-state index contributed by atoms with van der Waals surface area (Å²) in [7, 11) is 0. The summed E-state index contributed by atoms with van der Waals surface area (Å²) in [6.07, 6.45) is 4.34. The minimum Gasteiger partial charge on any atom is -0.494 e. The number of ether oxygens (including phenoxy) is 2. The van der Waals surface area contributed by atoms with E-state index in [4.69, 9.17) is 9.47 Å². The summed E-state index contributed by atoms with van der Waals surface area (Å²) in [6.45, 7) is 15.5. The zero-order valence-corrected chi connectivity index (χ0v) is 19.0. The summed E-state index contributed by atoms with van der Waals surface area (Å²) in [4.78, 5) is 0. The molecular formula is C27H36O2. The van der Waals surface area contributed by atoms with Crippen molar-refractivity contribution < 1.29 is 9.47 Å². The van der Waals surface area contributed by atoms with Gasteiger partial charge in [-0.2, -0.15) is 0 Å². The summed E-state index contributed by atoms with van der Waals surface area (Å²) in [5, 5.41) is 0. The summed E-state index contributed by atoms with van der Waals surface area (Å²) in [5.74, 6) is 2.01. The lowest BCUT2D eigenvalue weighted by Gasteiger charge is -2.30. The van der Waals surface area contributed by atoms with Crippen LogP contribution in [0.4, 0.5) is 0 Å². The Balaban J connectivity index is 1.88. The molecule has 2 heteroatoms. The third kappa shape index (κ3) is 3.25. The fourth-order valence-electron chi connectivity index (χ4n) is 5.93. The van der Waals surface area contributed by atoms with Gasteiger partial charge in [0.15, 0.2) is 0 Å². The molecule has 0 N–H and O–H groups in total. The molecule has 0 amide bonds. The van der Waals surface area contributed by atoms with Crippen LogP contribution >= 0.6 is 0 Å². The van der Waals surface area contributed by atoms with Crippen LogP contribution in [0.2, 0.25) is 0 Å². The van der Waals surface area contributed by atoms with Gasteiger partial charge in [0.25, 0.3) is 0 Å². The molecule has 2 aliphatic carbocycles. The Morgan fingerprint density at radius 2 is 1.07 bits per heavy atom. The molecule has 2 aromatic carbocycles. The zero-order valence-electron chi connectivity index (χ0n) is 19.0. The molecule has 2 aromatic rings. The molecule has 1 spiro atoms. The largest absolute Gasteiger partial charge is 0.494 e. The molecule has 4 rings (SSSR count). The van der Waals surface area contributed by atoms with Gasteiger partial charge >= 0.3 is 0 Å². The monoisotopic (exact) mass is 392 g/mol. The van der Waals surface area contributed by atoms with Crippen molar-refractivity contribution in [2.45, 2.75) is 83.5 Å². The SMILES string of the molecule is CCCOc1ccc2c(c1)C1(CC2(C)C)CC(C)(C)c2ccc(OCCC)cc21. The summed E-state index contributed by atoms with van der Waals surface area (Å²) >= 11 is 0. The van der Waals surface area contributed by atoms with Crippen LogP contribution in [0.25, 0.3) is 0 Å². The van der Waals surface area contributed by atoms with Crippen LogP contribution in [0.15, 0.2) is 36.4 Å². The number of rotatable bonds is 6. The molecule has 0 heterocycles. The first-order chi connectivity index (χ1) is 13.7. The normalized spacial score (nSPS) is 19.8. The predicted octanol–water partition coefficient (Wildman–Crippen LogP) is 6.91. The Labute approximate surface area is 176 Å². The third-order valence-corrected chi connectivity index (χ3v) is 6.90. The first-order valence-corrected chi connectivity index (χ1v) is 11.3. The van der Waals surface area contributed by atoms with Crippen molar-refractivity contribution in [3.05, 3.63) is 58.7 Å². The average Bonchev–Trinajstić information content (AvgIpc) is 3.04. The molecule has 0 atom stereocenters. The third-order valence-electron chi connectivity index (χ3n) is 6.90. The van der Waals surface area contributed by atoms with E-state index < -0.39 is 0 Å². The standard InChI is InChI=1S/C27H36O2/c1-7-13-28-19-9-11-21-23(15-19)27(17-25(21,3)4)18-26(5,6)22-12-10-20(16-24(22)27)29-14-8-2/h9-12,15-16H,7-8,13-14,17-18H2,1-6H3. The first kappa shape index (κ1) is 20.3. The molecule has 2 aliphatic rings. The lowest BCUT2D eigenvalue weighted by atomic mass is 9.72.